The molecule has 9 heteroatoms. The first-order valence-electron chi connectivity index (χ1n) is 6.01. The fraction of sp³-hybridized carbons (Fsp3) is 1.00. The van der Waals surface area contributed by atoms with Crippen LogP contribution in [0, 0.1) is 10.8 Å². The van der Waals surface area contributed by atoms with E-state index in [1.165, 1.54) is 6.92 Å². The van der Waals surface area contributed by atoms with E-state index in [4.69, 9.17) is 0 Å². The Kier molecular flexibility index (Phi) is 4.79. The van der Waals surface area contributed by atoms with Gasteiger partial charge in [-0.25, -0.2) is 13.2 Å². The summed E-state index contributed by atoms with van der Waals surface area (Å²) in [6.07, 6.45) is -13.5. The van der Waals surface area contributed by atoms with Crippen LogP contribution in [0.25, 0.3) is 0 Å². The minimum Gasteiger partial charge on any atom is -0.223 e. The van der Waals surface area contributed by atoms with Crippen molar-refractivity contribution < 1.29 is 39.5 Å². The summed E-state index contributed by atoms with van der Waals surface area (Å²) in [6, 6.07) is 0. The molecule has 0 saturated heterocycles. The summed E-state index contributed by atoms with van der Waals surface area (Å²) in [5, 5.41) is 0. The molecule has 0 aromatic carbocycles. The Morgan fingerprint density at radius 3 is 1.10 bits per heavy atom. The van der Waals surface area contributed by atoms with Crippen molar-refractivity contribution in [2.45, 2.75) is 65.0 Å². The molecule has 0 aliphatic carbocycles. The molecule has 0 atom stereocenters. The molecule has 0 fully saturated rings. The molecular weight excluding hydrogens is 315 g/mol. The molecule has 0 amide bonds. The smallest absolute Gasteiger partial charge is 0.223 e. The van der Waals surface area contributed by atoms with Crippen molar-refractivity contribution in [1.82, 2.24) is 0 Å². The van der Waals surface area contributed by atoms with Crippen molar-refractivity contribution in [3.63, 3.8) is 0 Å². The van der Waals surface area contributed by atoms with Crippen LogP contribution in [0.5, 0.6) is 0 Å². The van der Waals surface area contributed by atoms with Crippen LogP contribution >= 0.6 is 0 Å². The topological polar surface area (TPSA) is 0 Å². The van der Waals surface area contributed by atoms with E-state index >= 15 is 0 Å². The molecule has 0 aliphatic heterocycles. The third-order valence-corrected chi connectivity index (χ3v) is 4.16. The number of hydrogen-bond acceptors (Lipinski definition) is 0. The van der Waals surface area contributed by atoms with Gasteiger partial charge < -0.3 is 0 Å². The molecule has 128 valence electrons. The average Bonchev–Trinajstić information content (AvgIpc) is 2.23. The third-order valence-electron chi connectivity index (χ3n) is 4.16. The second-order valence-corrected chi connectivity index (χ2v) is 6.09. The quantitative estimate of drug-likeness (QED) is 0.561. The second-order valence-electron chi connectivity index (χ2n) is 6.09. The molecule has 0 bridgehead atoms. The predicted molar refractivity (Wildman–Crippen MR) is 58.7 cm³/mol. The van der Waals surface area contributed by atoms with Crippen LogP contribution < -0.4 is 0 Å². The number of hydrogen-bond donors (Lipinski definition) is 0. The van der Waals surface area contributed by atoms with E-state index in [1.807, 2.05) is 0 Å². The van der Waals surface area contributed by atoms with Gasteiger partial charge in [-0.1, -0.05) is 34.6 Å². The second kappa shape index (κ2) is 4.94. The Bertz CT molecular complexity index is 359. The third kappa shape index (κ3) is 2.60. The maximum Gasteiger partial charge on any atom is 0.432 e. The molecule has 0 unspecified atom stereocenters. The van der Waals surface area contributed by atoms with Crippen LogP contribution in [0.1, 0.15) is 41.0 Å². The Labute approximate surface area is 116 Å². The van der Waals surface area contributed by atoms with Crippen LogP contribution in [-0.4, -0.2) is 23.9 Å². The lowest BCUT2D eigenvalue weighted by molar-refractivity contribution is -0.403. The van der Waals surface area contributed by atoms with Crippen molar-refractivity contribution in [1.29, 1.82) is 0 Å². The summed E-state index contributed by atoms with van der Waals surface area (Å²) in [5.41, 5.74) is -12.3. The summed E-state index contributed by atoms with van der Waals surface area (Å²) in [6.45, 7) is 2.66. The Morgan fingerprint density at radius 2 is 0.905 bits per heavy atom. The highest BCUT2D eigenvalue weighted by Crippen LogP contribution is 2.64. The monoisotopic (exact) mass is 332 g/mol. The van der Waals surface area contributed by atoms with Gasteiger partial charge in [-0.05, 0) is 6.42 Å². The van der Waals surface area contributed by atoms with Gasteiger partial charge in [0.1, 0.15) is 0 Å². The lowest BCUT2D eigenvalue weighted by Crippen LogP contribution is -2.69. The van der Waals surface area contributed by atoms with Crippen molar-refractivity contribution >= 4 is 0 Å². The zero-order valence-corrected chi connectivity index (χ0v) is 12.1. The van der Waals surface area contributed by atoms with Crippen molar-refractivity contribution in [3.05, 3.63) is 0 Å². The van der Waals surface area contributed by atoms with Crippen LogP contribution in [0.15, 0.2) is 0 Å². The fourth-order valence-corrected chi connectivity index (χ4v) is 2.15. The molecule has 0 aliphatic rings. The van der Waals surface area contributed by atoms with Gasteiger partial charge in [-0.3, -0.25) is 0 Å². The molecule has 0 nitrogen and oxygen atoms in total. The van der Waals surface area contributed by atoms with Gasteiger partial charge in [0.15, 0.2) is 0 Å². The van der Waals surface area contributed by atoms with Crippen molar-refractivity contribution in [2.75, 3.05) is 0 Å². The largest absolute Gasteiger partial charge is 0.432 e. The van der Waals surface area contributed by atoms with Gasteiger partial charge >= 0.3 is 18.0 Å². The first-order valence-corrected chi connectivity index (χ1v) is 6.01. The highest BCUT2D eigenvalue weighted by molar-refractivity contribution is 5.13. The van der Waals surface area contributed by atoms with Crippen LogP contribution in [0.2, 0.25) is 0 Å². The molecule has 0 N–H and O–H groups in total. The highest BCUT2D eigenvalue weighted by Gasteiger charge is 2.84. The van der Waals surface area contributed by atoms with E-state index < -0.39 is 41.2 Å². The first kappa shape index (κ1) is 20.4. The summed E-state index contributed by atoms with van der Waals surface area (Å²) >= 11 is 0. The number of rotatable bonds is 4. The molecule has 0 aromatic heterocycles. The number of halogens is 9. The van der Waals surface area contributed by atoms with E-state index in [0.717, 1.165) is 13.8 Å². The summed E-state index contributed by atoms with van der Waals surface area (Å²) in [4.78, 5) is 0. The van der Waals surface area contributed by atoms with Gasteiger partial charge in [0.2, 0.25) is 0 Å². The van der Waals surface area contributed by atoms with E-state index in [2.05, 4.69) is 0 Å². The summed E-state index contributed by atoms with van der Waals surface area (Å²) < 4.78 is 119. The molecule has 21 heavy (non-hydrogen) atoms. The van der Waals surface area contributed by atoms with Crippen molar-refractivity contribution in [3.8, 4) is 0 Å². The van der Waals surface area contributed by atoms with Gasteiger partial charge in [0.25, 0.3) is 5.92 Å². The zero-order chi connectivity index (χ0) is 17.7. The minimum atomic E-state index is -6.53. The summed E-state index contributed by atoms with van der Waals surface area (Å²) in [7, 11) is 0. The molecule has 0 rings (SSSR count). The lowest BCUT2D eigenvalue weighted by Gasteiger charge is -2.50. The van der Waals surface area contributed by atoms with Gasteiger partial charge in [0.05, 0.1) is 5.41 Å². The fourth-order valence-electron chi connectivity index (χ4n) is 2.15. The molecule has 0 radical (unpaired) electrons. The Hall–Kier alpha value is -0.630. The van der Waals surface area contributed by atoms with Gasteiger partial charge in [0, 0.05) is 5.41 Å². The zero-order valence-electron chi connectivity index (χ0n) is 12.1. The van der Waals surface area contributed by atoms with E-state index in [9.17, 15) is 39.5 Å². The van der Waals surface area contributed by atoms with Crippen molar-refractivity contribution in [2.24, 2.45) is 10.8 Å². The standard InChI is InChI=1S/C12H17F9/c1-6-7(2,3)10(14,15)8(4,5)9(13,11(16,17)18)12(19,20)21/h6H2,1-5H3. The minimum absolute atomic E-state index is 0.0502. The number of alkyl halides is 9. The summed E-state index contributed by atoms with van der Waals surface area (Å²) in [5.74, 6) is -4.57. The first-order chi connectivity index (χ1) is 8.81. The SMILES string of the molecule is CCC(C)(C)C(F)(F)C(C)(C)C(F)(C(F)(F)F)C(F)(F)F. The van der Waals surface area contributed by atoms with E-state index in [1.54, 1.807) is 0 Å². The maximum absolute atomic E-state index is 14.3. The molecule has 0 saturated carbocycles. The molecular formula is C12H17F9. The van der Waals surface area contributed by atoms with Gasteiger partial charge in [-0.2, -0.15) is 26.3 Å². The lowest BCUT2D eigenvalue weighted by atomic mass is 9.62. The maximum atomic E-state index is 14.3. The van der Waals surface area contributed by atoms with Crippen LogP contribution in [-0.2, 0) is 0 Å². The highest BCUT2D eigenvalue weighted by atomic mass is 19.4. The average molecular weight is 332 g/mol. The Morgan fingerprint density at radius 1 is 0.619 bits per heavy atom. The molecule has 0 spiro atoms. The van der Waals surface area contributed by atoms with E-state index in [0.29, 0.717) is 0 Å². The van der Waals surface area contributed by atoms with E-state index in [-0.39, 0.29) is 13.8 Å². The predicted octanol–water partition coefficient (Wildman–Crippen LogP) is 5.92. The molecule has 0 aromatic rings. The van der Waals surface area contributed by atoms with Gasteiger partial charge in [-0.15, -0.1) is 0 Å². The van der Waals surface area contributed by atoms with Crippen LogP contribution in [0.4, 0.5) is 39.5 Å². The van der Waals surface area contributed by atoms with Crippen LogP contribution in [0.3, 0.4) is 0 Å². The molecule has 0 heterocycles. The normalized spacial score (nSPS) is 16.3. The Balaban J connectivity index is 6.42.